The van der Waals surface area contributed by atoms with Crippen LogP contribution in [0.5, 0.6) is 0 Å². The first-order chi connectivity index (χ1) is 14.0. The summed E-state index contributed by atoms with van der Waals surface area (Å²) in [7, 11) is 0. The number of piperazine rings is 1. The number of pyridine rings is 1. The zero-order chi connectivity index (χ0) is 20.6. The lowest BCUT2D eigenvalue weighted by molar-refractivity contribution is -0.144. The first-order valence-electron chi connectivity index (χ1n) is 9.61. The Morgan fingerprint density at radius 2 is 1.79 bits per heavy atom. The van der Waals surface area contributed by atoms with Crippen molar-refractivity contribution in [3.63, 3.8) is 0 Å². The number of benzene rings is 1. The van der Waals surface area contributed by atoms with Crippen molar-refractivity contribution in [1.29, 1.82) is 0 Å². The van der Waals surface area contributed by atoms with Crippen molar-refractivity contribution in [3.8, 4) is 0 Å². The number of carbonyl (C=O) groups excluding carboxylic acids is 1. The van der Waals surface area contributed by atoms with Crippen LogP contribution >= 0.6 is 11.6 Å². The second kappa shape index (κ2) is 10.3. The number of aliphatic carboxylic acids is 1. The van der Waals surface area contributed by atoms with Gasteiger partial charge in [-0.25, -0.2) is 0 Å². The van der Waals surface area contributed by atoms with Gasteiger partial charge < -0.3 is 10.4 Å². The standard InChI is InChI=1S/C21H25ClN4O3/c22-18-3-5-19(6-4-18)24-20(27)12-17(21(28)29)15-26-10-8-25(9-11-26)14-16-2-1-7-23-13-16/h1-7,13,17H,8-12,14-15H2,(H,24,27)(H,28,29)/t17-/m1/s1. The summed E-state index contributed by atoms with van der Waals surface area (Å²) >= 11 is 5.84. The van der Waals surface area contributed by atoms with E-state index in [0.29, 0.717) is 17.3 Å². The van der Waals surface area contributed by atoms with Crippen molar-refractivity contribution in [2.24, 2.45) is 5.92 Å². The van der Waals surface area contributed by atoms with Crippen LogP contribution in [0.4, 0.5) is 5.69 Å². The summed E-state index contributed by atoms with van der Waals surface area (Å²) in [6.07, 6.45) is 3.57. The molecule has 0 aliphatic carbocycles. The van der Waals surface area contributed by atoms with E-state index >= 15 is 0 Å². The molecule has 1 aliphatic heterocycles. The second-order valence-electron chi connectivity index (χ2n) is 7.23. The monoisotopic (exact) mass is 416 g/mol. The predicted octanol–water partition coefficient (Wildman–Crippen LogP) is 2.58. The maximum atomic E-state index is 12.3. The molecule has 7 nitrogen and oxygen atoms in total. The van der Waals surface area contributed by atoms with E-state index in [1.807, 2.05) is 12.3 Å². The summed E-state index contributed by atoms with van der Waals surface area (Å²) in [6.45, 7) is 4.49. The summed E-state index contributed by atoms with van der Waals surface area (Å²) in [4.78, 5) is 32.5. The van der Waals surface area contributed by atoms with Crippen LogP contribution in [0.3, 0.4) is 0 Å². The normalized spacial score (nSPS) is 16.3. The molecule has 1 fully saturated rings. The van der Waals surface area contributed by atoms with Gasteiger partial charge in [0.1, 0.15) is 0 Å². The van der Waals surface area contributed by atoms with Gasteiger partial charge in [-0.05, 0) is 35.9 Å². The summed E-state index contributed by atoms with van der Waals surface area (Å²) in [6, 6.07) is 10.7. The highest BCUT2D eigenvalue weighted by atomic mass is 35.5. The highest BCUT2D eigenvalue weighted by Crippen LogP contribution is 2.16. The first kappa shape index (κ1) is 21.2. The van der Waals surface area contributed by atoms with Gasteiger partial charge in [-0.1, -0.05) is 17.7 Å². The number of aromatic nitrogens is 1. The molecule has 1 saturated heterocycles. The Morgan fingerprint density at radius 3 is 2.41 bits per heavy atom. The second-order valence-corrected chi connectivity index (χ2v) is 7.67. The van der Waals surface area contributed by atoms with Crippen LogP contribution in [-0.4, -0.2) is 64.5 Å². The molecule has 29 heavy (non-hydrogen) atoms. The Labute approximate surface area is 175 Å². The Kier molecular flexibility index (Phi) is 7.57. The lowest BCUT2D eigenvalue weighted by Crippen LogP contribution is -2.48. The molecule has 1 aromatic carbocycles. The van der Waals surface area contributed by atoms with E-state index in [1.54, 1.807) is 30.5 Å². The molecule has 0 saturated carbocycles. The molecular weight excluding hydrogens is 392 g/mol. The largest absolute Gasteiger partial charge is 0.481 e. The van der Waals surface area contributed by atoms with Gasteiger partial charge in [-0.15, -0.1) is 0 Å². The molecule has 1 aromatic heterocycles. The maximum absolute atomic E-state index is 12.3. The minimum atomic E-state index is -0.950. The Bertz CT molecular complexity index is 808. The molecule has 1 aliphatic rings. The van der Waals surface area contributed by atoms with Crippen molar-refractivity contribution < 1.29 is 14.7 Å². The summed E-state index contributed by atoms with van der Waals surface area (Å²) in [5, 5.41) is 12.9. The van der Waals surface area contributed by atoms with Crippen LogP contribution in [0.25, 0.3) is 0 Å². The van der Waals surface area contributed by atoms with Crippen LogP contribution in [0.1, 0.15) is 12.0 Å². The van der Waals surface area contributed by atoms with Crippen molar-refractivity contribution in [2.45, 2.75) is 13.0 Å². The minimum Gasteiger partial charge on any atom is -0.481 e. The van der Waals surface area contributed by atoms with E-state index in [0.717, 1.165) is 32.7 Å². The molecule has 8 heteroatoms. The molecule has 1 amide bonds. The summed E-state index contributed by atoms with van der Waals surface area (Å²) in [5.74, 6) is -2.00. The number of anilines is 1. The number of hydrogen-bond donors (Lipinski definition) is 2. The third-order valence-corrected chi connectivity index (χ3v) is 5.23. The number of carbonyl (C=O) groups is 2. The Hall–Kier alpha value is -2.48. The molecule has 2 heterocycles. The van der Waals surface area contributed by atoms with Gasteiger partial charge in [0.25, 0.3) is 0 Å². The summed E-state index contributed by atoms with van der Waals surface area (Å²) < 4.78 is 0. The quantitative estimate of drug-likeness (QED) is 0.688. The van der Waals surface area contributed by atoms with Gasteiger partial charge in [0.15, 0.2) is 0 Å². The van der Waals surface area contributed by atoms with Crippen molar-refractivity contribution in [2.75, 3.05) is 38.0 Å². The van der Waals surface area contributed by atoms with Crippen LogP contribution in [0.2, 0.25) is 5.02 Å². The van der Waals surface area contributed by atoms with Crippen LogP contribution < -0.4 is 5.32 Å². The molecule has 1 atom stereocenters. The van der Waals surface area contributed by atoms with E-state index in [9.17, 15) is 14.7 Å². The topological polar surface area (TPSA) is 85.8 Å². The molecule has 0 unspecified atom stereocenters. The Morgan fingerprint density at radius 1 is 1.10 bits per heavy atom. The fourth-order valence-corrected chi connectivity index (χ4v) is 3.52. The van der Waals surface area contributed by atoms with Crippen LogP contribution in [0, 0.1) is 5.92 Å². The maximum Gasteiger partial charge on any atom is 0.308 e. The third-order valence-electron chi connectivity index (χ3n) is 4.98. The summed E-state index contributed by atoms with van der Waals surface area (Å²) in [5.41, 5.74) is 1.77. The molecule has 0 radical (unpaired) electrons. The molecular formula is C21H25ClN4O3. The lowest BCUT2D eigenvalue weighted by atomic mass is 10.0. The number of hydrogen-bond acceptors (Lipinski definition) is 5. The molecule has 0 spiro atoms. The third kappa shape index (κ3) is 6.81. The van der Waals surface area contributed by atoms with Gasteiger partial charge in [-0.2, -0.15) is 0 Å². The SMILES string of the molecule is O=C(C[C@H](CN1CCN(Cc2cccnc2)CC1)C(=O)O)Nc1ccc(Cl)cc1. The van der Waals surface area contributed by atoms with Crippen molar-refractivity contribution >= 4 is 29.2 Å². The average molecular weight is 417 g/mol. The molecule has 0 bridgehead atoms. The highest BCUT2D eigenvalue weighted by Gasteiger charge is 2.26. The lowest BCUT2D eigenvalue weighted by Gasteiger charge is -2.35. The van der Waals surface area contributed by atoms with Gasteiger partial charge in [0, 0.05) is 68.8 Å². The van der Waals surface area contributed by atoms with Gasteiger partial charge >= 0.3 is 5.97 Å². The number of carboxylic acid groups (broad SMARTS) is 1. The van der Waals surface area contributed by atoms with E-state index < -0.39 is 11.9 Å². The fraction of sp³-hybridized carbons (Fsp3) is 0.381. The zero-order valence-electron chi connectivity index (χ0n) is 16.1. The number of amides is 1. The molecule has 154 valence electrons. The van der Waals surface area contributed by atoms with Crippen LogP contribution in [0.15, 0.2) is 48.8 Å². The van der Waals surface area contributed by atoms with E-state index in [1.165, 1.54) is 5.56 Å². The molecule has 2 N–H and O–H groups in total. The number of nitrogens with one attached hydrogen (secondary N) is 1. The number of carboxylic acids is 1. The number of rotatable bonds is 8. The van der Waals surface area contributed by atoms with Gasteiger partial charge in [0.05, 0.1) is 5.92 Å². The van der Waals surface area contributed by atoms with Gasteiger partial charge in [0.2, 0.25) is 5.91 Å². The van der Waals surface area contributed by atoms with Crippen LogP contribution in [-0.2, 0) is 16.1 Å². The zero-order valence-corrected chi connectivity index (χ0v) is 16.9. The highest BCUT2D eigenvalue weighted by molar-refractivity contribution is 6.30. The van der Waals surface area contributed by atoms with Gasteiger partial charge in [-0.3, -0.25) is 24.4 Å². The van der Waals surface area contributed by atoms with Crippen molar-refractivity contribution in [1.82, 2.24) is 14.8 Å². The smallest absolute Gasteiger partial charge is 0.308 e. The molecule has 3 rings (SSSR count). The number of halogens is 1. The van der Waals surface area contributed by atoms with E-state index in [4.69, 9.17) is 11.6 Å². The minimum absolute atomic E-state index is 0.0616. The Balaban J connectivity index is 1.46. The van der Waals surface area contributed by atoms with E-state index in [2.05, 4.69) is 26.2 Å². The number of nitrogens with zero attached hydrogens (tertiary/aromatic N) is 3. The van der Waals surface area contributed by atoms with E-state index in [-0.39, 0.29) is 12.3 Å². The predicted molar refractivity (Wildman–Crippen MR) is 112 cm³/mol. The average Bonchev–Trinajstić information content (AvgIpc) is 2.71. The van der Waals surface area contributed by atoms with Crippen molar-refractivity contribution in [3.05, 3.63) is 59.4 Å². The first-order valence-corrected chi connectivity index (χ1v) is 9.99. The fourth-order valence-electron chi connectivity index (χ4n) is 3.39. The molecule has 2 aromatic rings.